The molecule has 1 heterocycles. The highest BCUT2D eigenvalue weighted by Crippen LogP contribution is 2.45. The molecule has 0 aliphatic heterocycles. The maximum absolute atomic E-state index is 9.90. The van der Waals surface area contributed by atoms with Crippen LogP contribution in [0, 0.1) is 6.92 Å². The second kappa shape index (κ2) is 3.22. The molecule has 0 unspecified atom stereocenters. The maximum atomic E-state index is 9.90. The average molecular weight is 245 g/mol. The first-order valence-electron chi connectivity index (χ1n) is 5.38. The summed E-state index contributed by atoms with van der Waals surface area (Å²) in [5.41, 5.74) is 2.04. The number of benzene rings is 2. The lowest BCUT2D eigenvalue weighted by atomic mass is 10.1. The molecule has 3 rings (SSSR count). The van der Waals surface area contributed by atoms with Crippen LogP contribution < -0.4 is 0 Å². The highest BCUT2D eigenvalue weighted by Gasteiger charge is 2.17. The van der Waals surface area contributed by atoms with Gasteiger partial charge in [0.05, 0.1) is 10.9 Å². The molecule has 0 spiro atoms. The standard InChI is InChI=1S/C13H11NO4/c1-5-2-6(15)3-7-10-8(14-11(5)7)4-9(16)12(17)13(10)18/h2-4,14-18H,1H3. The largest absolute Gasteiger partial charge is 0.508 e. The summed E-state index contributed by atoms with van der Waals surface area (Å²) in [6, 6.07) is 4.42. The zero-order chi connectivity index (χ0) is 13.0. The van der Waals surface area contributed by atoms with E-state index in [1.807, 2.05) is 6.92 Å². The van der Waals surface area contributed by atoms with E-state index in [1.165, 1.54) is 12.1 Å². The third kappa shape index (κ3) is 1.21. The highest BCUT2D eigenvalue weighted by atomic mass is 16.3. The van der Waals surface area contributed by atoms with Crippen LogP contribution in [0.5, 0.6) is 23.0 Å². The van der Waals surface area contributed by atoms with Crippen molar-refractivity contribution in [3.8, 4) is 23.0 Å². The molecular weight excluding hydrogens is 234 g/mol. The van der Waals surface area contributed by atoms with E-state index in [9.17, 15) is 20.4 Å². The third-order valence-electron chi connectivity index (χ3n) is 3.10. The summed E-state index contributed by atoms with van der Waals surface area (Å²) < 4.78 is 0. The quantitative estimate of drug-likeness (QED) is 0.393. The minimum atomic E-state index is -0.565. The molecule has 0 saturated carbocycles. The Bertz CT molecular complexity index is 789. The molecule has 5 N–H and O–H groups in total. The Kier molecular flexibility index (Phi) is 1.90. The lowest BCUT2D eigenvalue weighted by Gasteiger charge is -2.02. The Morgan fingerprint density at radius 1 is 0.944 bits per heavy atom. The maximum Gasteiger partial charge on any atom is 0.201 e. The van der Waals surface area contributed by atoms with Crippen LogP contribution in [0.1, 0.15) is 5.56 Å². The Labute approximate surface area is 102 Å². The number of phenolic OH excluding ortho intramolecular Hbond substituents is 4. The van der Waals surface area contributed by atoms with Gasteiger partial charge in [-0.15, -0.1) is 0 Å². The van der Waals surface area contributed by atoms with Gasteiger partial charge in [0, 0.05) is 17.0 Å². The van der Waals surface area contributed by atoms with Gasteiger partial charge in [0.2, 0.25) is 5.75 Å². The molecule has 0 fully saturated rings. The lowest BCUT2D eigenvalue weighted by Crippen LogP contribution is -1.76. The van der Waals surface area contributed by atoms with E-state index in [1.54, 1.807) is 6.07 Å². The molecular formula is C13H11NO4. The van der Waals surface area contributed by atoms with E-state index < -0.39 is 17.2 Å². The van der Waals surface area contributed by atoms with Crippen LogP contribution in [0.4, 0.5) is 0 Å². The zero-order valence-corrected chi connectivity index (χ0v) is 9.52. The van der Waals surface area contributed by atoms with Crippen molar-refractivity contribution in [3.05, 3.63) is 23.8 Å². The van der Waals surface area contributed by atoms with Crippen LogP contribution in [0.3, 0.4) is 0 Å². The van der Waals surface area contributed by atoms with E-state index in [4.69, 9.17) is 0 Å². The smallest absolute Gasteiger partial charge is 0.201 e. The third-order valence-corrected chi connectivity index (χ3v) is 3.10. The molecule has 92 valence electrons. The first kappa shape index (κ1) is 10.6. The number of aryl methyl sites for hydroxylation is 1. The molecule has 0 aliphatic rings. The molecule has 0 radical (unpaired) electrons. The van der Waals surface area contributed by atoms with Crippen molar-refractivity contribution in [3.63, 3.8) is 0 Å². The summed E-state index contributed by atoms with van der Waals surface area (Å²) in [4.78, 5) is 3.04. The first-order valence-corrected chi connectivity index (χ1v) is 5.38. The number of aromatic amines is 1. The summed E-state index contributed by atoms with van der Waals surface area (Å²) in [6.45, 7) is 1.81. The Morgan fingerprint density at radius 2 is 1.67 bits per heavy atom. The number of nitrogens with one attached hydrogen (secondary N) is 1. The summed E-state index contributed by atoms with van der Waals surface area (Å²) in [6.07, 6.45) is 0. The molecule has 5 nitrogen and oxygen atoms in total. The Balaban J connectivity index is 2.62. The number of phenols is 4. The minimum absolute atomic E-state index is 0.0767. The predicted octanol–water partition coefficient (Wildman–Crippen LogP) is 2.45. The summed E-state index contributed by atoms with van der Waals surface area (Å²) >= 11 is 0. The van der Waals surface area contributed by atoms with Crippen LogP contribution in [-0.2, 0) is 0 Å². The van der Waals surface area contributed by atoms with Crippen LogP contribution >= 0.6 is 0 Å². The highest BCUT2D eigenvalue weighted by molar-refractivity contribution is 6.13. The SMILES string of the molecule is Cc1cc(O)cc2c1[nH]c1cc(O)c(O)c(O)c12. The first-order chi connectivity index (χ1) is 8.49. The molecule has 2 aromatic carbocycles. The lowest BCUT2D eigenvalue weighted by molar-refractivity contribution is 0.371. The number of hydrogen-bond donors (Lipinski definition) is 5. The van der Waals surface area contributed by atoms with Gasteiger partial charge in [-0.2, -0.15) is 0 Å². The van der Waals surface area contributed by atoms with Crippen molar-refractivity contribution in [2.75, 3.05) is 0 Å². The van der Waals surface area contributed by atoms with Gasteiger partial charge in [-0.1, -0.05) is 0 Å². The number of rotatable bonds is 0. The van der Waals surface area contributed by atoms with Gasteiger partial charge >= 0.3 is 0 Å². The Morgan fingerprint density at radius 3 is 2.39 bits per heavy atom. The van der Waals surface area contributed by atoms with Crippen LogP contribution in [-0.4, -0.2) is 25.4 Å². The minimum Gasteiger partial charge on any atom is -0.508 e. The molecule has 0 saturated heterocycles. The fourth-order valence-electron chi connectivity index (χ4n) is 2.28. The van der Waals surface area contributed by atoms with Gasteiger partial charge in [-0.25, -0.2) is 0 Å². The average Bonchev–Trinajstić information content (AvgIpc) is 2.65. The van der Waals surface area contributed by atoms with Crippen molar-refractivity contribution < 1.29 is 20.4 Å². The number of H-pyrrole nitrogens is 1. The molecule has 0 atom stereocenters. The van der Waals surface area contributed by atoms with Gasteiger partial charge < -0.3 is 25.4 Å². The van der Waals surface area contributed by atoms with E-state index in [2.05, 4.69) is 4.98 Å². The molecule has 0 aliphatic carbocycles. The fraction of sp³-hybridized carbons (Fsp3) is 0.0769. The van der Waals surface area contributed by atoms with Gasteiger partial charge in [0.25, 0.3) is 0 Å². The van der Waals surface area contributed by atoms with Crippen molar-refractivity contribution >= 4 is 21.8 Å². The summed E-state index contributed by atoms with van der Waals surface area (Å²) in [7, 11) is 0. The molecule has 3 aromatic rings. The van der Waals surface area contributed by atoms with Crippen molar-refractivity contribution in [1.82, 2.24) is 4.98 Å². The van der Waals surface area contributed by atoms with Crippen molar-refractivity contribution in [1.29, 1.82) is 0 Å². The summed E-state index contributed by atoms with van der Waals surface area (Å²) in [5, 5.41) is 39.5. The number of hydrogen-bond acceptors (Lipinski definition) is 4. The number of aromatic hydroxyl groups is 4. The van der Waals surface area contributed by atoms with E-state index in [-0.39, 0.29) is 5.75 Å². The van der Waals surface area contributed by atoms with Crippen LogP contribution in [0.2, 0.25) is 0 Å². The Hall–Kier alpha value is -2.56. The van der Waals surface area contributed by atoms with E-state index in [0.717, 1.165) is 11.1 Å². The van der Waals surface area contributed by atoms with Gasteiger partial charge in [0.1, 0.15) is 5.75 Å². The second-order valence-corrected chi connectivity index (χ2v) is 4.33. The molecule has 0 bridgehead atoms. The van der Waals surface area contributed by atoms with Crippen LogP contribution in [0.15, 0.2) is 18.2 Å². The fourth-order valence-corrected chi connectivity index (χ4v) is 2.28. The van der Waals surface area contributed by atoms with E-state index >= 15 is 0 Å². The number of aromatic nitrogens is 1. The summed E-state index contributed by atoms with van der Waals surface area (Å²) in [5.74, 6) is -1.29. The van der Waals surface area contributed by atoms with Crippen molar-refractivity contribution in [2.45, 2.75) is 6.92 Å². The molecule has 18 heavy (non-hydrogen) atoms. The molecule has 0 amide bonds. The molecule has 5 heteroatoms. The monoisotopic (exact) mass is 245 g/mol. The van der Waals surface area contributed by atoms with Crippen LogP contribution in [0.25, 0.3) is 21.8 Å². The molecule has 1 aromatic heterocycles. The van der Waals surface area contributed by atoms with Crippen molar-refractivity contribution in [2.24, 2.45) is 0 Å². The zero-order valence-electron chi connectivity index (χ0n) is 9.52. The van der Waals surface area contributed by atoms with E-state index in [0.29, 0.717) is 16.3 Å². The predicted molar refractivity (Wildman–Crippen MR) is 67.2 cm³/mol. The second-order valence-electron chi connectivity index (χ2n) is 4.33. The van der Waals surface area contributed by atoms with Gasteiger partial charge in [-0.3, -0.25) is 0 Å². The normalized spacial score (nSPS) is 11.4. The van der Waals surface area contributed by atoms with Gasteiger partial charge in [0.15, 0.2) is 11.5 Å². The number of fused-ring (bicyclic) bond motifs is 3. The topological polar surface area (TPSA) is 96.7 Å². The van der Waals surface area contributed by atoms with Gasteiger partial charge in [-0.05, 0) is 24.6 Å².